The number of piperidine rings is 1. The van der Waals surface area contributed by atoms with Crippen molar-refractivity contribution in [2.45, 2.75) is 63.3 Å². The summed E-state index contributed by atoms with van der Waals surface area (Å²) in [6.45, 7) is 1.52. The van der Waals surface area contributed by atoms with Gasteiger partial charge in [-0.05, 0) is 81.2 Å². The number of hydrogen-bond acceptors (Lipinski definition) is 5. The van der Waals surface area contributed by atoms with Crippen LogP contribution in [0.3, 0.4) is 0 Å². The van der Waals surface area contributed by atoms with Crippen LogP contribution in [0.2, 0.25) is 5.28 Å². The summed E-state index contributed by atoms with van der Waals surface area (Å²) in [6, 6.07) is 0. The van der Waals surface area contributed by atoms with Gasteiger partial charge in [-0.1, -0.05) is 0 Å². The molecule has 4 aliphatic carbocycles. The Morgan fingerprint density at radius 1 is 1.12 bits per heavy atom. The van der Waals surface area contributed by atoms with Gasteiger partial charge in [-0.15, -0.1) is 5.10 Å². The van der Waals surface area contributed by atoms with Crippen molar-refractivity contribution in [3.63, 3.8) is 0 Å². The normalized spacial score (nSPS) is 32.8. The first-order valence-corrected chi connectivity index (χ1v) is 12.5. The molecule has 5 aliphatic rings. The molecule has 33 heavy (non-hydrogen) atoms. The highest BCUT2D eigenvalue weighted by Crippen LogP contribution is 2.64. The summed E-state index contributed by atoms with van der Waals surface area (Å²) in [7, 11) is 1.76. The van der Waals surface area contributed by atoms with E-state index in [0.717, 1.165) is 64.5 Å². The molecule has 0 aromatic carbocycles. The van der Waals surface area contributed by atoms with Crippen molar-refractivity contribution >= 4 is 29.1 Å². The summed E-state index contributed by atoms with van der Waals surface area (Å²) < 4.78 is 3.51. The molecule has 10 heteroatoms. The van der Waals surface area contributed by atoms with E-state index in [1.807, 2.05) is 9.58 Å². The molecular weight excluding hydrogens is 442 g/mol. The molecule has 5 fully saturated rings. The van der Waals surface area contributed by atoms with E-state index in [1.54, 1.807) is 24.3 Å². The number of nitrogens with one attached hydrogen (secondary N) is 1. The monoisotopic (exact) mass is 471 g/mol. The summed E-state index contributed by atoms with van der Waals surface area (Å²) in [6.07, 6.45) is 12.2. The fraction of sp³-hybridized carbons (Fsp3) is 0.696. The molecule has 9 nitrogen and oxygen atoms in total. The van der Waals surface area contributed by atoms with Crippen LogP contribution < -0.4 is 5.32 Å². The van der Waals surface area contributed by atoms with E-state index in [2.05, 4.69) is 20.5 Å². The van der Waals surface area contributed by atoms with Crippen LogP contribution in [0.25, 0.3) is 0 Å². The van der Waals surface area contributed by atoms with Crippen LogP contribution in [0.1, 0.15) is 68.3 Å². The highest BCUT2D eigenvalue weighted by Gasteiger charge is 2.61. The summed E-state index contributed by atoms with van der Waals surface area (Å²) >= 11 is 6.05. The Balaban J connectivity index is 1.28. The zero-order valence-electron chi connectivity index (χ0n) is 19.0. The number of anilines is 1. The lowest BCUT2D eigenvalue weighted by Crippen LogP contribution is -2.60. The quantitative estimate of drug-likeness (QED) is 0.738. The molecule has 2 atom stereocenters. The second-order valence-corrected chi connectivity index (χ2v) is 11.1. The van der Waals surface area contributed by atoms with E-state index < -0.39 is 5.41 Å². The van der Waals surface area contributed by atoms with E-state index in [9.17, 15) is 9.59 Å². The summed E-state index contributed by atoms with van der Waals surface area (Å²) in [4.78, 5) is 33.1. The van der Waals surface area contributed by atoms with Gasteiger partial charge in [0.25, 0.3) is 5.91 Å². The number of carbonyl (C=O) groups excluding carboxylic acids is 2. The van der Waals surface area contributed by atoms with Crippen molar-refractivity contribution in [3.8, 4) is 0 Å². The molecule has 2 unspecified atom stereocenters. The Morgan fingerprint density at radius 2 is 1.85 bits per heavy atom. The average molecular weight is 472 g/mol. The third-order valence-corrected chi connectivity index (χ3v) is 8.67. The number of hydrogen-bond donors (Lipinski definition) is 1. The van der Waals surface area contributed by atoms with Crippen LogP contribution in [-0.2, 0) is 17.4 Å². The first-order chi connectivity index (χ1) is 15.9. The van der Waals surface area contributed by atoms with Crippen LogP contribution >= 0.6 is 11.6 Å². The lowest BCUT2D eigenvalue weighted by Gasteiger charge is -2.60. The van der Waals surface area contributed by atoms with Gasteiger partial charge in [-0.25, -0.2) is 9.67 Å². The number of carbonyl (C=O) groups is 2. The molecule has 4 bridgehead atoms. The van der Waals surface area contributed by atoms with Crippen LogP contribution in [0.15, 0.2) is 12.5 Å². The van der Waals surface area contributed by atoms with Crippen molar-refractivity contribution in [1.29, 1.82) is 0 Å². The molecule has 2 aromatic rings. The van der Waals surface area contributed by atoms with Crippen molar-refractivity contribution in [3.05, 3.63) is 23.5 Å². The minimum Gasteiger partial charge on any atom is -0.337 e. The van der Waals surface area contributed by atoms with Gasteiger partial charge >= 0.3 is 0 Å². The molecule has 0 spiro atoms. The van der Waals surface area contributed by atoms with E-state index in [1.165, 1.54) is 6.42 Å². The Bertz CT molecular complexity index is 1090. The second-order valence-electron chi connectivity index (χ2n) is 10.8. The SMILES string of the molecule is Cn1ncc(NC(=O)C23CC4CC(C2)CC(n2cnc(Cl)n2)(C4)C3)c1C(=O)N1CCCCC1. The highest BCUT2D eigenvalue weighted by atomic mass is 35.5. The van der Waals surface area contributed by atoms with Crippen LogP contribution in [0.4, 0.5) is 5.69 Å². The van der Waals surface area contributed by atoms with E-state index in [-0.39, 0.29) is 22.6 Å². The second kappa shape index (κ2) is 7.55. The summed E-state index contributed by atoms with van der Waals surface area (Å²) in [5, 5.41) is 12.1. The molecule has 176 valence electrons. The van der Waals surface area contributed by atoms with Crippen molar-refractivity contribution in [2.24, 2.45) is 24.3 Å². The van der Waals surface area contributed by atoms with Gasteiger partial charge in [0.05, 0.1) is 22.8 Å². The van der Waals surface area contributed by atoms with Crippen molar-refractivity contribution < 1.29 is 9.59 Å². The number of likely N-dealkylation sites (tertiary alicyclic amines) is 1. The zero-order valence-corrected chi connectivity index (χ0v) is 19.7. The first kappa shape index (κ1) is 21.1. The minimum atomic E-state index is -0.468. The summed E-state index contributed by atoms with van der Waals surface area (Å²) in [5.41, 5.74) is 0.312. The maximum atomic E-state index is 13.9. The highest BCUT2D eigenvalue weighted by molar-refractivity contribution is 6.28. The molecule has 1 aliphatic heterocycles. The lowest BCUT2D eigenvalue weighted by molar-refractivity contribution is -0.150. The summed E-state index contributed by atoms with van der Waals surface area (Å²) in [5.74, 6) is 0.934. The standard InChI is InChI=1S/C23H30ClN7O2/c1-29-18(19(32)30-5-3-2-4-6-30)17(12-26-29)27-20(33)22-8-15-7-16(9-22)11-23(10-15,13-22)31-14-25-21(24)28-31/h12,14-16H,2-11,13H2,1H3,(H,27,33). The molecule has 3 heterocycles. The molecule has 1 saturated heterocycles. The average Bonchev–Trinajstić information content (AvgIpc) is 3.39. The van der Waals surface area contributed by atoms with Gasteiger partial charge in [0.15, 0.2) is 0 Å². The van der Waals surface area contributed by atoms with Crippen molar-refractivity contribution in [2.75, 3.05) is 18.4 Å². The fourth-order valence-corrected chi connectivity index (χ4v) is 7.63. The molecule has 2 amide bonds. The predicted molar refractivity (Wildman–Crippen MR) is 122 cm³/mol. The third kappa shape index (κ3) is 3.38. The van der Waals surface area contributed by atoms with Crippen molar-refractivity contribution in [1.82, 2.24) is 29.4 Å². The maximum Gasteiger partial charge on any atom is 0.274 e. The van der Waals surface area contributed by atoms with Gasteiger partial charge in [0.1, 0.15) is 12.0 Å². The smallest absolute Gasteiger partial charge is 0.274 e. The number of halogens is 1. The Labute approximate surface area is 197 Å². The van der Waals surface area contributed by atoms with Gasteiger partial charge in [-0.2, -0.15) is 5.10 Å². The number of aryl methyl sites for hydroxylation is 1. The van der Waals surface area contributed by atoms with Gasteiger partial charge in [-0.3, -0.25) is 14.3 Å². The van der Waals surface area contributed by atoms with E-state index in [0.29, 0.717) is 23.2 Å². The number of rotatable bonds is 4. The van der Waals surface area contributed by atoms with E-state index in [4.69, 9.17) is 11.6 Å². The number of amides is 2. The van der Waals surface area contributed by atoms with Crippen LogP contribution in [-0.4, -0.2) is 54.3 Å². The number of aromatic nitrogens is 5. The Kier molecular flexibility index (Phi) is 4.83. The van der Waals surface area contributed by atoms with Gasteiger partial charge in [0, 0.05) is 20.1 Å². The fourth-order valence-electron chi connectivity index (χ4n) is 7.50. The van der Waals surface area contributed by atoms with E-state index >= 15 is 0 Å². The predicted octanol–water partition coefficient (Wildman–Crippen LogP) is 3.23. The number of nitrogens with zero attached hydrogens (tertiary/aromatic N) is 6. The Morgan fingerprint density at radius 3 is 2.52 bits per heavy atom. The largest absolute Gasteiger partial charge is 0.337 e. The Hall–Kier alpha value is -2.42. The van der Waals surface area contributed by atoms with Crippen LogP contribution in [0.5, 0.6) is 0 Å². The maximum absolute atomic E-state index is 13.9. The topological polar surface area (TPSA) is 97.9 Å². The van der Waals surface area contributed by atoms with Gasteiger partial charge < -0.3 is 10.2 Å². The van der Waals surface area contributed by atoms with Gasteiger partial charge in [0.2, 0.25) is 11.2 Å². The van der Waals surface area contributed by atoms with Crippen LogP contribution in [0, 0.1) is 17.3 Å². The lowest BCUT2D eigenvalue weighted by atomic mass is 9.46. The molecular formula is C23H30ClN7O2. The zero-order chi connectivity index (χ0) is 22.8. The third-order valence-electron chi connectivity index (χ3n) is 8.49. The molecule has 0 radical (unpaired) electrons. The first-order valence-electron chi connectivity index (χ1n) is 12.1. The molecule has 2 aromatic heterocycles. The minimum absolute atomic E-state index is 0.00730. The molecule has 7 rings (SSSR count). The molecule has 1 N–H and O–H groups in total. The molecule has 4 saturated carbocycles.